The van der Waals surface area contributed by atoms with Gasteiger partial charge in [-0.15, -0.1) is 23.2 Å². The van der Waals surface area contributed by atoms with Gasteiger partial charge < -0.3 is 10.7 Å². The fraction of sp³-hybridized carbons (Fsp3) is 0.722. The van der Waals surface area contributed by atoms with Crippen LogP contribution in [0.1, 0.15) is 46.0 Å². The summed E-state index contributed by atoms with van der Waals surface area (Å²) in [5, 5.41) is 12.7. The summed E-state index contributed by atoms with van der Waals surface area (Å²) in [5.74, 6) is 1.50. The van der Waals surface area contributed by atoms with Crippen LogP contribution in [0.15, 0.2) is 23.3 Å². The average Bonchev–Trinajstić information content (AvgIpc) is 2.52. The molecule has 1 aliphatic rings. The number of hydrogen-bond donors (Lipinski definition) is 2. The zero-order valence-corrected chi connectivity index (χ0v) is 16.4. The summed E-state index contributed by atoms with van der Waals surface area (Å²) in [7, 11) is 0. The van der Waals surface area contributed by atoms with Gasteiger partial charge in [-0.1, -0.05) is 44.0 Å². The second kappa shape index (κ2) is 11.5. The summed E-state index contributed by atoms with van der Waals surface area (Å²) in [6.07, 6.45) is 10.6. The van der Waals surface area contributed by atoms with Crippen molar-refractivity contribution >= 4 is 40.5 Å². The van der Waals surface area contributed by atoms with Gasteiger partial charge in [0.1, 0.15) is 0 Å². The van der Waals surface area contributed by atoms with Crippen LogP contribution in [0, 0.1) is 17.2 Å². The monoisotopic (exact) mass is 378 g/mol. The molecular weight excluding hydrogens is 351 g/mol. The third-order valence-electron chi connectivity index (χ3n) is 4.39. The zero-order valence-electron chi connectivity index (χ0n) is 14.1. The Balaban J connectivity index is 2.61. The highest BCUT2D eigenvalue weighted by molar-refractivity contribution is 6.31. The van der Waals surface area contributed by atoms with E-state index >= 15 is 0 Å². The van der Waals surface area contributed by atoms with E-state index in [-0.39, 0.29) is 11.4 Å². The van der Waals surface area contributed by atoms with Gasteiger partial charge >= 0.3 is 0 Å². The van der Waals surface area contributed by atoms with Crippen molar-refractivity contribution < 1.29 is 0 Å². The van der Waals surface area contributed by atoms with E-state index in [0.29, 0.717) is 17.7 Å². The van der Waals surface area contributed by atoms with Crippen LogP contribution in [-0.4, -0.2) is 29.6 Å². The van der Waals surface area contributed by atoms with Crippen molar-refractivity contribution in [3.63, 3.8) is 0 Å². The fourth-order valence-corrected chi connectivity index (χ4v) is 3.43. The maximum atomic E-state index is 8.32. The minimum atomic E-state index is 0.0328. The molecule has 4 atom stereocenters. The highest BCUT2D eigenvalue weighted by atomic mass is 35.5. The van der Waals surface area contributed by atoms with Crippen LogP contribution < -0.4 is 5.32 Å². The molecule has 132 valence electrons. The molecule has 0 saturated carbocycles. The van der Waals surface area contributed by atoms with E-state index in [4.69, 9.17) is 40.2 Å². The van der Waals surface area contributed by atoms with Crippen molar-refractivity contribution in [3.05, 3.63) is 23.3 Å². The van der Waals surface area contributed by atoms with Crippen LogP contribution in [0.4, 0.5) is 0 Å². The van der Waals surface area contributed by atoms with Crippen molar-refractivity contribution in [2.75, 3.05) is 12.4 Å². The largest absolute Gasteiger partial charge is 0.312 e. The van der Waals surface area contributed by atoms with Gasteiger partial charge in [0.15, 0.2) is 0 Å². The molecule has 0 heterocycles. The highest BCUT2D eigenvalue weighted by Gasteiger charge is 2.22. The molecule has 0 saturated heterocycles. The van der Waals surface area contributed by atoms with Crippen molar-refractivity contribution in [2.24, 2.45) is 11.8 Å². The van der Waals surface area contributed by atoms with Crippen molar-refractivity contribution in [1.82, 2.24) is 5.32 Å². The van der Waals surface area contributed by atoms with Crippen LogP contribution in [0.2, 0.25) is 0 Å². The van der Waals surface area contributed by atoms with Crippen LogP contribution in [0.5, 0.6) is 0 Å². The molecule has 0 aliphatic heterocycles. The molecule has 0 spiro atoms. The first-order valence-corrected chi connectivity index (χ1v) is 9.84. The van der Waals surface area contributed by atoms with Crippen LogP contribution in [0.25, 0.3) is 0 Å². The predicted molar refractivity (Wildman–Crippen MR) is 104 cm³/mol. The van der Waals surface area contributed by atoms with Crippen LogP contribution in [-0.2, 0) is 0 Å². The van der Waals surface area contributed by atoms with E-state index < -0.39 is 0 Å². The quantitative estimate of drug-likeness (QED) is 0.349. The lowest BCUT2D eigenvalue weighted by Gasteiger charge is -2.28. The normalized spacial score (nSPS) is 21.6. The summed E-state index contributed by atoms with van der Waals surface area (Å²) in [4.78, 5) is 0. The van der Waals surface area contributed by atoms with Gasteiger partial charge in [-0.3, -0.25) is 0 Å². The third kappa shape index (κ3) is 8.58. The maximum absolute atomic E-state index is 8.32. The molecule has 0 aromatic rings. The molecule has 0 aromatic heterocycles. The first kappa shape index (κ1) is 21.0. The Labute approximate surface area is 156 Å². The summed E-state index contributed by atoms with van der Waals surface area (Å²) < 4.78 is 0. The number of rotatable bonds is 11. The van der Waals surface area contributed by atoms with Gasteiger partial charge in [0.05, 0.1) is 0 Å². The smallest absolute Gasteiger partial charge is 0.0472 e. The fourth-order valence-electron chi connectivity index (χ4n) is 2.70. The topological polar surface area (TPSA) is 35.9 Å². The molecule has 1 aliphatic carbocycles. The van der Waals surface area contributed by atoms with Crippen molar-refractivity contribution in [2.45, 2.75) is 57.4 Å². The molecule has 0 bridgehead atoms. The standard InChI is InChI=1S/C18H29Cl3N2/c1-3-13(2)10-17(22)11-18(23-12-16(21)8-9-19)14-4-6-15(20)7-5-14/h4,6-7,13-14,16,18,22-23H,3,5,8-12H2,1-2H3. The Morgan fingerprint density at radius 3 is 2.74 bits per heavy atom. The van der Waals surface area contributed by atoms with Gasteiger partial charge in [0.2, 0.25) is 0 Å². The van der Waals surface area contributed by atoms with E-state index in [1.165, 1.54) is 0 Å². The van der Waals surface area contributed by atoms with Crippen LogP contribution >= 0.6 is 34.8 Å². The zero-order chi connectivity index (χ0) is 17.2. The number of allylic oxidation sites excluding steroid dienone is 3. The molecule has 2 N–H and O–H groups in total. The van der Waals surface area contributed by atoms with E-state index in [0.717, 1.165) is 49.4 Å². The molecule has 5 heteroatoms. The molecule has 4 unspecified atom stereocenters. The van der Waals surface area contributed by atoms with Crippen molar-refractivity contribution in [1.29, 1.82) is 5.41 Å². The maximum Gasteiger partial charge on any atom is 0.0472 e. The van der Waals surface area contributed by atoms with Gasteiger partial charge in [0.25, 0.3) is 0 Å². The van der Waals surface area contributed by atoms with Gasteiger partial charge in [0, 0.05) is 41.0 Å². The number of nitrogens with one attached hydrogen (secondary N) is 2. The van der Waals surface area contributed by atoms with E-state index in [1.807, 2.05) is 6.08 Å². The molecular formula is C18H29Cl3N2. The second-order valence-corrected chi connectivity index (χ2v) is 7.89. The Hall–Kier alpha value is -0.0200. The van der Waals surface area contributed by atoms with Crippen LogP contribution in [0.3, 0.4) is 0 Å². The Bertz CT molecular complexity index is 420. The Kier molecular flexibility index (Phi) is 10.5. The van der Waals surface area contributed by atoms with E-state index in [9.17, 15) is 0 Å². The molecule has 1 rings (SSSR count). The average molecular weight is 380 g/mol. The number of alkyl halides is 2. The van der Waals surface area contributed by atoms with Gasteiger partial charge in [-0.05, 0) is 37.2 Å². The SMILES string of the molecule is CCC(C)CC(=N)CC(NCC(Cl)CCCl)C1C=CC(Cl)=CC1. The molecule has 0 radical (unpaired) electrons. The minimum Gasteiger partial charge on any atom is -0.312 e. The number of halogens is 3. The molecule has 0 aromatic carbocycles. The summed E-state index contributed by atoms with van der Waals surface area (Å²) in [6.45, 7) is 5.10. The van der Waals surface area contributed by atoms with Crippen molar-refractivity contribution in [3.8, 4) is 0 Å². The summed E-state index contributed by atoms with van der Waals surface area (Å²) >= 11 is 18.1. The third-order valence-corrected chi connectivity index (χ3v) is 5.26. The molecule has 0 fully saturated rings. The highest BCUT2D eigenvalue weighted by Crippen LogP contribution is 2.24. The lowest BCUT2D eigenvalue weighted by Crippen LogP contribution is -2.40. The lowest BCUT2D eigenvalue weighted by atomic mass is 9.87. The Morgan fingerprint density at radius 1 is 1.43 bits per heavy atom. The Morgan fingerprint density at radius 2 is 2.17 bits per heavy atom. The second-order valence-electron chi connectivity index (χ2n) is 6.46. The molecule has 2 nitrogen and oxygen atoms in total. The summed E-state index contributed by atoms with van der Waals surface area (Å²) in [6, 6.07) is 0.223. The predicted octanol–water partition coefficient (Wildman–Crippen LogP) is 5.73. The molecule has 23 heavy (non-hydrogen) atoms. The first-order chi connectivity index (χ1) is 11.0. The van der Waals surface area contributed by atoms with E-state index in [2.05, 4.69) is 31.3 Å². The molecule has 0 amide bonds. The van der Waals surface area contributed by atoms with Gasteiger partial charge in [-0.25, -0.2) is 0 Å². The lowest BCUT2D eigenvalue weighted by molar-refractivity contribution is 0.411. The van der Waals surface area contributed by atoms with Gasteiger partial charge in [-0.2, -0.15) is 0 Å². The number of hydrogen-bond acceptors (Lipinski definition) is 2. The summed E-state index contributed by atoms with van der Waals surface area (Å²) in [5.41, 5.74) is 0.814. The first-order valence-electron chi connectivity index (χ1n) is 8.49. The van der Waals surface area contributed by atoms with E-state index in [1.54, 1.807) is 0 Å². The minimum absolute atomic E-state index is 0.0328.